The summed E-state index contributed by atoms with van der Waals surface area (Å²) in [6.07, 6.45) is 5.47. The van der Waals surface area contributed by atoms with Gasteiger partial charge in [-0.2, -0.15) is 0 Å². The number of hydrogen-bond donors (Lipinski definition) is 1. The van der Waals surface area contributed by atoms with Crippen molar-refractivity contribution >= 4 is 28.4 Å². The third-order valence-corrected chi connectivity index (χ3v) is 5.83. The fourth-order valence-electron chi connectivity index (χ4n) is 4.13. The first-order chi connectivity index (χ1) is 14.1. The molecule has 0 radical (unpaired) electrons. The first kappa shape index (κ1) is 21.4. The normalized spacial score (nSPS) is 12.3. The van der Waals surface area contributed by atoms with Gasteiger partial charge in [-0.1, -0.05) is 62.7 Å². The summed E-state index contributed by atoms with van der Waals surface area (Å²) in [5.74, 6) is 0.214. The molecule has 1 aromatic heterocycles. The number of halogens is 1. The Morgan fingerprint density at radius 2 is 1.72 bits per heavy atom. The van der Waals surface area contributed by atoms with Crippen LogP contribution in [-0.2, 0) is 11.2 Å². The summed E-state index contributed by atoms with van der Waals surface area (Å²) in [6.45, 7) is 8.04. The van der Waals surface area contributed by atoms with Gasteiger partial charge in [-0.05, 0) is 48.1 Å². The van der Waals surface area contributed by atoms with Crippen molar-refractivity contribution in [1.29, 1.82) is 0 Å². The molecule has 1 N–H and O–H groups in total. The van der Waals surface area contributed by atoms with Crippen LogP contribution in [-0.4, -0.2) is 28.9 Å². The molecule has 0 aliphatic rings. The van der Waals surface area contributed by atoms with E-state index in [-0.39, 0.29) is 11.8 Å². The van der Waals surface area contributed by atoms with Crippen molar-refractivity contribution in [1.82, 2.24) is 9.88 Å². The molecule has 3 aromatic rings. The Bertz CT molecular complexity index is 939. The van der Waals surface area contributed by atoms with Gasteiger partial charge in [-0.15, -0.1) is 0 Å². The molecule has 0 fully saturated rings. The Balaban J connectivity index is 2.02. The van der Waals surface area contributed by atoms with Crippen molar-refractivity contribution in [2.75, 3.05) is 13.1 Å². The first-order valence-corrected chi connectivity index (χ1v) is 11.1. The molecule has 0 aliphatic carbocycles. The maximum Gasteiger partial charge on any atom is 0.223 e. The lowest BCUT2D eigenvalue weighted by Crippen LogP contribution is -2.33. The molecular formula is C25H31ClN2O. The number of H-pyrrole nitrogens is 1. The molecule has 0 saturated heterocycles. The van der Waals surface area contributed by atoms with Crippen molar-refractivity contribution in [2.45, 2.75) is 52.4 Å². The number of benzene rings is 2. The van der Waals surface area contributed by atoms with Gasteiger partial charge in [0.15, 0.2) is 0 Å². The number of nitrogens with one attached hydrogen (secondary N) is 1. The van der Waals surface area contributed by atoms with Gasteiger partial charge in [0.25, 0.3) is 0 Å². The number of rotatable bonds is 9. The Hall–Kier alpha value is -2.26. The lowest BCUT2D eigenvalue weighted by molar-refractivity contribution is -0.131. The van der Waals surface area contributed by atoms with E-state index in [0.717, 1.165) is 37.9 Å². The van der Waals surface area contributed by atoms with Gasteiger partial charge in [-0.25, -0.2) is 0 Å². The predicted octanol–water partition coefficient (Wildman–Crippen LogP) is 6.55. The van der Waals surface area contributed by atoms with E-state index in [1.165, 1.54) is 22.0 Å². The van der Waals surface area contributed by atoms with Gasteiger partial charge in [0, 0.05) is 47.6 Å². The van der Waals surface area contributed by atoms with E-state index in [4.69, 9.17) is 11.6 Å². The number of para-hydroxylation sites is 1. The summed E-state index contributed by atoms with van der Waals surface area (Å²) in [5, 5.41) is 1.92. The van der Waals surface area contributed by atoms with Gasteiger partial charge < -0.3 is 9.88 Å². The first-order valence-electron chi connectivity index (χ1n) is 10.7. The predicted molar refractivity (Wildman–Crippen MR) is 123 cm³/mol. The highest BCUT2D eigenvalue weighted by molar-refractivity contribution is 6.30. The molecule has 0 unspecified atom stereocenters. The zero-order chi connectivity index (χ0) is 20.8. The smallest absolute Gasteiger partial charge is 0.223 e. The Morgan fingerprint density at radius 3 is 2.34 bits per heavy atom. The van der Waals surface area contributed by atoms with Crippen molar-refractivity contribution in [3.63, 3.8) is 0 Å². The number of aryl methyl sites for hydroxylation is 1. The van der Waals surface area contributed by atoms with Crippen LogP contribution in [0.1, 0.15) is 62.6 Å². The van der Waals surface area contributed by atoms with E-state index in [2.05, 4.69) is 50.2 Å². The molecule has 29 heavy (non-hydrogen) atoms. The van der Waals surface area contributed by atoms with E-state index in [0.29, 0.717) is 11.4 Å². The van der Waals surface area contributed by atoms with Crippen molar-refractivity contribution in [3.8, 4) is 0 Å². The zero-order valence-electron chi connectivity index (χ0n) is 17.7. The van der Waals surface area contributed by atoms with Gasteiger partial charge in [0.2, 0.25) is 5.91 Å². The van der Waals surface area contributed by atoms with Crippen LogP contribution in [0.5, 0.6) is 0 Å². The zero-order valence-corrected chi connectivity index (χ0v) is 18.4. The molecule has 0 bridgehead atoms. The van der Waals surface area contributed by atoms with Crippen LogP contribution in [0.2, 0.25) is 5.02 Å². The molecule has 1 atom stereocenters. The van der Waals surface area contributed by atoms with Crippen LogP contribution in [0, 0.1) is 0 Å². The maximum atomic E-state index is 13.2. The van der Waals surface area contributed by atoms with E-state index in [1.807, 2.05) is 29.2 Å². The average Bonchev–Trinajstić information content (AvgIpc) is 3.16. The molecule has 2 aromatic carbocycles. The second-order valence-electron chi connectivity index (χ2n) is 7.63. The van der Waals surface area contributed by atoms with Gasteiger partial charge >= 0.3 is 0 Å². The molecule has 3 nitrogen and oxygen atoms in total. The monoisotopic (exact) mass is 410 g/mol. The quantitative estimate of drug-likeness (QED) is 0.426. The number of aromatic nitrogens is 1. The van der Waals surface area contributed by atoms with Gasteiger partial charge in [0.05, 0.1) is 0 Å². The minimum Gasteiger partial charge on any atom is -0.361 e. The number of carbonyl (C=O) groups excluding carboxylic acids is 1. The summed E-state index contributed by atoms with van der Waals surface area (Å²) in [7, 11) is 0. The summed E-state index contributed by atoms with van der Waals surface area (Å²) in [5.41, 5.74) is 4.78. The minimum absolute atomic E-state index is 0.00293. The van der Waals surface area contributed by atoms with E-state index >= 15 is 0 Å². The molecule has 0 spiro atoms. The molecule has 0 aliphatic heterocycles. The van der Waals surface area contributed by atoms with Crippen LogP contribution in [0.4, 0.5) is 0 Å². The fourth-order valence-corrected chi connectivity index (χ4v) is 4.25. The van der Waals surface area contributed by atoms with Crippen molar-refractivity contribution in [2.24, 2.45) is 0 Å². The highest BCUT2D eigenvalue weighted by Gasteiger charge is 2.24. The molecule has 4 heteroatoms. The van der Waals surface area contributed by atoms with Gasteiger partial charge in [0.1, 0.15) is 0 Å². The Kier molecular flexibility index (Phi) is 7.38. The van der Waals surface area contributed by atoms with E-state index < -0.39 is 0 Å². The largest absolute Gasteiger partial charge is 0.361 e. The standard InChI is InChI=1S/C25H31ClN2O/c1-4-14-28(15-5-2)24(29)16-22(19-10-12-20(26)13-11-19)23-17-27-25-18(6-3)8-7-9-21(23)25/h7-13,17,22,27H,4-6,14-16H2,1-3H3/t22-/m0/s1. The Morgan fingerprint density at radius 1 is 1.03 bits per heavy atom. The number of hydrogen-bond acceptors (Lipinski definition) is 1. The topological polar surface area (TPSA) is 36.1 Å². The lowest BCUT2D eigenvalue weighted by atomic mass is 9.87. The summed E-state index contributed by atoms with van der Waals surface area (Å²) in [6, 6.07) is 14.4. The SMILES string of the molecule is CCCN(CCC)C(=O)C[C@@H](c1ccc(Cl)cc1)c1c[nH]c2c(CC)cccc12. The second-order valence-corrected chi connectivity index (χ2v) is 8.06. The average molecular weight is 411 g/mol. The summed E-state index contributed by atoms with van der Waals surface area (Å²) in [4.78, 5) is 18.7. The highest BCUT2D eigenvalue weighted by Crippen LogP contribution is 2.35. The van der Waals surface area contributed by atoms with Crippen LogP contribution in [0.15, 0.2) is 48.7 Å². The molecule has 154 valence electrons. The lowest BCUT2D eigenvalue weighted by Gasteiger charge is -2.25. The summed E-state index contributed by atoms with van der Waals surface area (Å²) < 4.78 is 0. The van der Waals surface area contributed by atoms with Crippen molar-refractivity contribution < 1.29 is 4.79 Å². The number of fused-ring (bicyclic) bond motifs is 1. The molecule has 3 rings (SSSR count). The molecular weight excluding hydrogens is 380 g/mol. The van der Waals surface area contributed by atoms with Crippen LogP contribution < -0.4 is 0 Å². The van der Waals surface area contributed by atoms with E-state index in [9.17, 15) is 4.79 Å². The number of nitrogens with zero attached hydrogens (tertiary/aromatic N) is 1. The second kappa shape index (κ2) is 9.98. The van der Waals surface area contributed by atoms with E-state index in [1.54, 1.807) is 0 Å². The minimum atomic E-state index is -0.00293. The molecule has 1 heterocycles. The number of amides is 1. The Labute approximate surface area is 179 Å². The third kappa shape index (κ3) is 4.84. The molecule has 0 saturated carbocycles. The van der Waals surface area contributed by atoms with Crippen LogP contribution >= 0.6 is 11.6 Å². The number of carbonyl (C=O) groups is 1. The number of aromatic amines is 1. The van der Waals surface area contributed by atoms with Crippen molar-refractivity contribution in [3.05, 3.63) is 70.4 Å². The maximum absolute atomic E-state index is 13.2. The van der Waals surface area contributed by atoms with Crippen LogP contribution in [0.25, 0.3) is 10.9 Å². The highest BCUT2D eigenvalue weighted by atomic mass is 35.5. The van der Waals surface area contributed by atoms with Crippen LogP contribution in [0.3, 0.4) is 0 Å². The molecule has 1 amide bonds. The fraction of sp³-hybridized carbons (Fsp3) is 0.400. The van der Waals surface area contributed by atoms with Gasteiger partial charge in [-0.3, -0.25) is 4.79 Å². The third-order valence-electron chi connectivity index (χ3n) is 5.58. The summed E-state index contributed by atoms with van der Waals surface area (Å²) >= 11 is 6.13.